The number of aliphatic hydroxyl groups is 11. The minimum Gasteiger partial charge on any atom is -0.394 e. The number of carbonyl (C=O) groups excluding carboxylic acids is 1. The molecule has 3 aliphatic heterocycles. The molecule has 3 fully saturated rings. The van der Waals surface area contributed by atoms with Crippen LogP contribution in [0, 0.1) is 0 Å². The van der Waals surface area contributed by atoms with Crippen molar-refractivity contribution in [3.63, 3.8) is 0 Å². The quantitative estimate of drug-likeness (QED) is 0.0205. The molecule has 0 radical (unpaired) electrons. The summed E-state index contributed by atoms with van der Waals surface area (Å²) in [5.41, 5.74) is 0. The summed E-state index contributed by atoms with van der Waals surface area (Å²) in [6.07, 6.45) is 26.5. The highest BCUT2D eigenvalue weighted by Crippen LogP contribution is 2.33. The molecule has 19 nitrogen and oxygen atoms in total. The van der Waals surface area contributed by atoms with E-state index >= 15 is 0 Å². The van der Waals surface area contributed by atoms with Gasteiger partial charge in [-0.1, -0.05) is 224 Å². The van der Waals surface area contributed by atoms with Gasteiger partial charge in [0, 0.05) is 6.42 Å². The highest BCUT2D eigenvalue weighted by Gasteiger charge is 2.53. The lowest BCUT2D eigenvalue weighted by Crippen LogP contribution is -2.66. The zero-order valence-electron chi connectivity index (χ0n) is 51.6. The average molecular weight is 1200 g/mol. The van der Waals surface area contributed by atoms with Gasteiger partial charge in [-0.15, -0.1) is 0 Å². The fourth-order valence-electron chi connectivity index (χ4n) is 11.3. The van der Waals surface area contributed by atoms with Crippen molar-refractivity contribution in [3.05, 3.63) is 36.5 Å². The predicted molar refractivity (Wildman–Crippen MR) is 323 cm³/mol. The Bertz CT molecular complexity index is 1670. The second kappa shape index (κ2) is 47.9. The topological polar surface area (TPSA) is 307 Å². The summed E-state index contributed by atoms with van der Waals surface area (Å²) in [5, 5.41) is 121. The normalized spacial score (nSPS) is 29.4. The molecule has 0 spiro atoms. The van der Waals surface area contributed by atoms with E-state index in [1.54, 1.807) is 0 Å². The van der Waals surface area contributed by atoms with Crippen molar-refractivity contribution in [1.29, 1.82) is 0 Å². The van der Waals surface area contributed by atoms with E-state index in [4.69, 9.17) is 28.4 Å². The first kappa shape index (κ1) is 76.3. The highest BCUT2D eigenvalue weighted by atomic mass is 16.8. The van der Waals surface area contributed by atoms with Crippen LogP contribution < -0.4 is 5.32 Å². The van der Waals surface area contributed by atoms with E-state index in [0.717, 1.165) is 89.9 Å². The van der Waals surface area contributed by atoms with Crippen LogP contribution in [0.1, 0.15) is 239 Å². The Kier molecular flexibility index (Phi) is 43.5. The van der Waals surface area contributed by atoms with E-state index < -0.39 is 124 Å². The van der Waals surface area contributed by atoms with Gasteiger partial charge in [0.2, 0.25) is 5.91 Å². The van der Waals surface area contributed by atoms with Crippen molar-refractivity contribution < 1.29 is 89.4 Å². The Balaban J connectivity index is 1.45. The maximum Gasteiger partial charge on any atom is 0.220 e. The number of hydrogen-bond donors (Lipinski definition) is 12. The largest absolute Gasteiger partial charge is 0.394 e. The third-order valence-electron chi connectivity index (χ3n) is 16.7. The number of amides is 1. The van der Waals surface area contributed by atoms with Gasteiger partial charge >= 0.3 is 0 Å². The summed E-state index contributed by atoms with van der Waals surface area (Å²) in [6, 6.07) is -0.893. The van der Waals surface area contributed by atoms with Gasteiger partial charge in [-0.3, -0.25) is 4.79 Å². The summed E-state index contributed by atoms with van der Waals surface area (Å²) in [7, 11) is 0. The lowest BCUT2D eigenvalue weighted by atomic mass is 9.96. The van der Waals surface area contributed by atoms with Crippen LogP contribution in [0.25, 0.3) is 0 Å². The van der Waals surface area contributed by atoms with Crippen LogP contribution in [0.3, 0.4) is 0 Å². The van der Waals surface area contributed by atoms with Gasteiger partial charge in [-0.25, -0.2) is 0 Å². The molecular formula is C65H119NO18. The second-order valence-electron chi connectivity index (χ2n) is 23.9. The third-order valence-corrected chi connectivity index (χ3v) is 16.7. The zero-order chi connectivity index (χ0) is 61.2. The first-order valence-electron chi connectivity index (χ1n) is 33.2. The SMILES string of the molecule is CC/C=C\C/C=C\C/C=C\CCCCCCCCCC(=O)NC(COC1OC(CO)C(OC2OC(CO)C(OC3OC(CO)C(O)C(O)C3O)C(O)C2O)C(O)C1O)C(O)CCCCCCCCCCCCCCCCCCCCCCCC. The molecule has 3 saturated heterocycles. The number of ether oxygens (including phenoxy) is 6. The molecule has 492 valence electrons. The van der Waals surface area contributed by atoms with Gasteiger partial charge in [0.25, 0.3) is 0 Å². The molecule has 3 rings (SSSR count). The monoisotopic (exact) mass is 1200 g/mol. The van der Waals surface area contributed by atoms with Crippen LogP contribution in [0.2, 0.25) is 0 Å². The van der Waals surface area contributed by atoms with Gasteiger partial charge in [-0.05, 0) is 44.9 Å². The summed E-state index contributed by atoms with van der Waals surface area (Å²) >= 11 is 0. The van der Waals surface area contributed by atoms with Crippen LogP contribution in [-0.2, 0) is 33.2 Å². The standard InChI is InChI=1S/C65H119NO18/c1-3-5-7-9-11-13-15-17-19-21-22-23-24-25-27-28-30-32-34-36-38-40-42-49(70)48(66-53(71)43-41-39-37-35-33-31-29-26-20-18-16-14-12-10-8-6-4-2)47-79-63-59(77)56(74)61(51(45-68)81-63)84-65-60(78)57(75)62(52(46-69)82-65)83-64-58(76)55(73)54(72)50(44-67)80-64/h6,8,12,14,18,20,48-52,54-65,67-70,72-78H,3-5,7,9-11,13,15-17,19,21-47H2,1-2H3,(H,66,71)/b8-6-,14-12-,20-18-. The van der Waals surface area contributed by atoms with Gasteiger partial charge in [0.05, 0.1) is 38.6 Å². The predicted octanol–water partition coefficient (Wildman–Crippen LogP) is 7.66. The Hall–Kier alpha value is -1.99. The van der Waals surface area contributed by atoms with E-state index in [0.29, 0.717) is 12.8 Å². The van der Waals surface area contributed by atoms with Gasteiger partial charge in [0.1, 0.15) is 73.2 Å². The first-order valence-corrected chi connectivity index (χ1v) is 33.2. The average Bonchev–Trinajstić information content (AvgIpc) is 2.82. The van der Waals surface area contributed by atoms with Crippen LogP contribution in [0.4, 0.5) is 0 Å². The van der Waals surface area contributed by atoms with Crippen molar-refractivity contribution in [2.75, 3.05) is 26.4 Å². The van der Waals surface area contributed by atoms with Gasteiger partial charge < -0.3 is 89.9 Å². The third kappa shape index (κ3) is 30.5. The van der Waals surface area contributed by atoms with Gasteiger partial charge in [0.15, 0.2) is 18.9 Å². The summed E-state index contributed by atoms with van der Waals surface area (Å²) in [5.74, 6) is -0.252. The number of rotatable bonds is 50. The molecule has 3 heterocycles. The number of unbranched alkanes of at least 4 members (excludes halogenated alkanes) is 28. The molecule has 0 saturated carbocycles. The summed E-state index contributed by atoms with van der Waals surface area (Å²) in [6.45, 7) is 1.69. The molecule has 1 amide bonds. The molecule has 84 heavy (non-hydrogen) atoms. The number of allylic oxidation sites excluding steroid dienone is 6. The Morgan fingerprint density at radius 2 is 0.821 bits per heavy atom. The minimum absolute atomic E-state index is 0.252. The lowest BCUT2D eigenvalue weighted by molar-refractivity contribution is -0.379. The second-order valence-corrected chi connectivity index (χ2v) is 23.9. The molecule has 0 bridgehead atoms. The first-order chi connectivity index (χ1) is 40.8. The summed E-state index contributed by atoms with van der Waals surface area (Å²) in [4.78, 5) is 13.4. The van der Waals surface area contributed by atoms with E-state index in [1.165, 1.54) is 116 Å². The Labute approximate surface area is 504 Å². The van der Waals surface area contributed by atoms with E-state index in [2.05, 4.69) is 55.6 Å². The van der Waals surface area contributed by atoms with Gasteiger partial charge in [-0.2, -0.15) is 0 Å². The fraction of sp³-hybridized carbons (Fsp3) is 0.892. The fourth-order valence-corrected chi connectivity index (χ4v) is 11.3. The van der Waals surface area contributed by atoms with Crippen molar-refractivity contribution >= 4 is 5.91 Å². The van der Waals surface area contributed by atoms with E-state index in [9.17, 15) is 61.0 Å². The molecule has 17 unspecified atom stereocenters. The number of nitrogens with one attached hydrogen (secondary N) is 1. The molecule has 0 aromatic heterocycles. The number of carbonyl (C=O) groups is 1. The Morgan fingerprint density at radius 1 is 0.440 bits per heavy atom. The van der Waals surface area contributed by atoms with Crippen LogP contribution in [-0.4, -0.2) is 193 Å². The minimum atomic E-state index is -1.97. The van der Waals surface area contributed by atoms with E-state index in [1.807, 2.05) is 0 Å². The number of hydrogen-bond acceptors (Lipinski definition) is 18. The molecule has 19 heteroatoms. The van der Waals surface area contributed by atoms with Crippen LogP contribution in [0.5, 0.6) is 0 Å². The smallest absolute Gasteiger partial charge is 0.220 e. The molecule has 3 aliphatic rings. The summed E-state index contributed by atoms with van der Waals surface area (Å²) < 4.78 is 34.4. The molecule has 0 aromatic rings. The van der Waals surface area contributed by atoms with Crippen molar-refractivity contribution in [2.24, 2.45) is 0 Å². The maximum atomic E-state index is 13.4. The molecule has 17 atom stereocenters. The molecule has 0 aliphatic carbocycles. The zero-order valence-corrected chi connectivity index (χ0v) is 51.6. The Morgan fingerprint density at radius 3 is 1.29 bits per heavy atom. The lowest BCUT2D eigenvalue weighted by Gasteiger charge is -2.48. The van der Waals surface area contributed by atoms with Crippen LogP contribution in [0.15, 0.2) is 36.5 Å². The molecule has 0 aromatic carbocycles. The van der Waals surface area contributed by atoms with Crippen LogP contribution >= 0.6 is 0 Å². The van der Waals surface area contributed by atoms with Crippen molar-refractivity contribution in [2.45, 2.75) is 343 Å². The van der Waals surface area contributed by atoms with Crippen molar-refractivity contribution in [1.82, 2.24) is 5.32 Å². The maximum absolute atomic E-state index is 13.4. The number of aliphatic hydroxyl groups excluding tert-OH is 11. The van der Waals surface area contributed by atoms with Crippen molar-refractivity contribution in [3.8, 4) is 0 Å². The van der Waals surface area contributed by atoms with E-state index in [-0.39, 0.29) is 18.9 Å². The molecule has 12 N–H and O–H groups in total. The molecular weight excluding hydrogens is 1080 g/mol. The highest BCUT2D eigenvalue weighted by molar-refractivity contribution is 5.76.